The van der Waals surface area contributed by atoms with Crippen LogP contribution in [0, 0.1) is 0 Å². The number of Topliss-reactive ketones (excluding diaryl/α,β-unsaturated/α-hetero) is 1. The Kier molecular flexibility index (Phi) is 7.85. The zero-order valence-electron chi connectivity index (χ0n) is 24.6. The monoisotopic (exact) mass is 573 g/mol. The number of carbonyl (C=O) groups excluding carboxylic acids is 3. The van der Waals surface area contributed by atoms with Gasteiger partial charge in [0.1, 0.15) is 18.2 Å². The van der Waals surface area contributed by atoms with E-state index >= 15 is 0 Å². The molecule has 1 aromatic heterocycles. The molecule has 1 aliphatic carbocycles. The van der Waals surface area contributed by atoms with Crippen LogP contribution < -0.4 is 20.3 Å². The Hall–Kier alpha value is -3.99. The second kappa shape index (κ2) is 11.7. The molecular formula is C31H39N7O4. The van der Waals surface area contributed by atoms with Crippen LogP contribution in [0.3, 0.4) is 0 Å². The number of aromatic nitrogens is 2. The zero-order valence-corrected chi connectivity index (χ0v) is 24.6. The molecule has 3 aliphatic heterocycles. The van der Waals surface area contributed by atoms with Gasteiger partial charge in [0.2, 0.25) is 11.9 Å². The van der Waals surface area contributed by atoms with Crippen LogP contribution in [0.5, 0.6) is 5.75 Å². The average Bonchev–Trinajstić information content (AvgIpc) is 3.45. The van der Waals surface area contributed by atoms with Crippen LogP contribution in [0.15, 0.2) is 30.0 Å². The fourth-order valence-electron chi connectivity index (χ4n) is 6.54. The number of allylic oxidation sites excluding steroid dienone is 2. The van der Waals surface area contributed by atoms with Crippen molar-refractivity contribution in [3.05, 3.63) is 35.5 Å². The number of hydrogen-bond donors (Lipinski definition) is 2. The van der Waals surface area contributed by atoms with Crippen LogP contribution in [-0.2, 0) is 14.4 Å². The highest BCUT2D eigenvalue weighted by molar-refractivity contribution is 6.17. The lowest BCUT2D eigenvalue weighted by Gasteiger charge is -2.51. The number of benzene rings is 1. The molecule has 2 N–H and O–H groups in total. The number of nitrogens with zero attached hydrogens (tertiary/aromatic N) is 5. The molecule has 11 heteroatoms. The van der Waals surface area contributed by atoms with Crippen molar-refractivity contribution in [2.24, 2.45) is 0 Å². The van der Waals surface area contributed by atoms with Gasteiger partial charge < -0.3 is 25.2 Å². The van der Waals surface area contributed by atoms with Crippen molar-refractivity contribution in [2.45, 2.75) is 64.6 Å². The van der Waals surface area contributed by atoms with Crippen LogP contribution in [-0.4, -0.2) is 95.2 Å². The standard InChI is InChI=1S/C31H39N7O4/c1-19(27(17-39)20(2)40)26-13-32-31(35-30(26)33-22-6-4-5-7-22)34-23-8-9-28-29(12-23)42-18-25-16-36(10-11-38(25)28)24-14-37(15-24)21(3)41/h8-9,12-13,17,22,24-25H,4-7,10-11,14-16,18H2,1-3H3,(H2,32,33,34,35)/b27-19+/t25-/m0/s1. The van der Waals surface area contributed by atoms with Gasteiger partial charge in [-0.3, -0.25) is 19.3 Å². The van der Waals surface area contributed by atoms with Gasteiger partial charge in [-0.25, -0.2) is 4.98 Å². The Morgan fingerprint density at radius 1 is 1.05 bits per heavy atom. The van der Waals surface area contributed by atoms with E-state index in [0.717, 1.165) is 75.5 Å². The summed E-state index contributed by atoms with van der Waals surface area (Å²) in [5.41, 5.74) is 3.25. The minimum atomic E-state index is -0.281. The molecule has 0 unspecified atom stereocenters. The van der Waals surface area contributed by atoms with Gasteiger partial charge in [0.25, 0.3) is 0 Å². The smallest absolute Gasteiger partial charge is 0.229 e. The third-order valence-electron chi connectivity index (χ3n) is 9.08. The molecule has 42 heavy (non-hydrogen) atoms. The van der Waals surface area contributed by atoms with Crippen LogP contribution in [0.4, 0.5) is 23.1 Å². The number of carbonyl (C=O) groups is 3. The Balaban J connectivity index is 1.18. The number of rotatable bonds is 8. The normalized spacial score (nSPS) is 21.5. The fraction of sp³-hybridized carbons (Fsp3) is 0.516. The van der Waals surface area contributed by atoms with E-state index < -0.39 is 0 Å². The van der Waals surface area contributed by atoms with Crippen LogP contribution >= 0.6 is 0 Å². The predicted molar refractivity (Wildman–Crippen MR) is 161 cm³/mol. The molecule has 1 atom stereocenters. The number of anilines is 4. The van der Waals surface area contributed by atoms with Gasteiger partial charge in [-0.1, -0.05) is 12.8 Å². The minimum Gasteiger partial charge on any atom is -0.489 e. The SMILES string of the molecule is CC(=O)/C(C=O)=C(\C)c1cnc(Nc2ccc3c(c2)OC[C@@H]2CN(C4CN(C(C)=O)C4)CCN32)nc1NC1CCCC1. The van der Waals surface area contributed by atoms with Crippen molar-refractivity contribution in [2.75, 3.05) is 54.9 Å². The number of aldehydes is 1. The Morgan fingerprint density at radius 2 is 1.83 bits per heavy atom. The number of hydrogen-bond acceptors (Lipinski definition) is 10. The molecule has 2 aromatic rings. The summed E-state index contributed by atoms with van der Waals surface area (Å²) in [5.74, 6) is 1.74. The van der Waals surface area contributed by atoms with Crippen molar-refractivity contribution in [3.8, 4) is 5.75 Å². The van der Waals surface area contributed by atoms with Gasteiger partial charge in [0.15, 0.2) is 12.1 Å². The number of ketones is 1. The summed E-state index contributed by atoms with van der Waals surface area (Å²) >= 11 is 0. The minimum absolute atomic E-state index is 0.130. The van der Waals surface area contributed by atoms with Crippen molar-refractivity contribution in [3.63, 3.8) is 0 Å². The van der Waals surface area contributed by atoms with Crippen molar-refractivity contribution in [1.82, 2.24) is 19.8 Å². The lowest BCUT2D eigenvalue weighted by molar-refractivity contribution is -0.136. The van der Waals surface area contributed by atoms with Gasteiger partial charge in [0.05, 0.1) is 17.3 Å². The third-order valence-corrected chi connectivity index (χ3v) is 9.08. The summed E-state index contributed by atoms with van der Waals surface area (Å²) in [7, 11) is 0. The van der Waals surface area contributed by atoms with E-state index in [-0.39, 0.29) is 23.3 Å². The maximum Gasteiger partial charge on any atom is 0.229 e. The predicted octanol–water partition coefficient (Wildman–Crippen LogP) is 3.25. The number of piperazine rings is 1. The Bertz CT molecular complexity index is 1410. The molecule has 0 bridgehead atoms. The molecule has 2 saturated heterocycles. The van der Waals surface area contributed by atoms with Crippen molar-refractivity contribution in [1.29, 1.82) is 0 Å². The lowest BCUT2D eigenvalue weighted by Crippen LogP contribution is -2.67. The maximum atomic E-state index is 12.1. The van der Waals surface area contributed by atoms with E-state index in [0.29, 0.717) is 47.9 Å². The van der Waals surface area contributed by atoms with Gasteiger partial charge in [-0.05, 0) is 44.4 Å². The maximum absolute atomic E-state index is 12.1. The van der Waals surface area contributed by atoms with Gasteiger partial charge in [-0.15, -0.1) is 0 Å². The Labute approximate surface area is 246 Å². The summed E-state index contributed by atoms with van der Waals surface area (Å²) in [6.45, 7) is 9.85. The molecule has 3 fully saturated rings. The first-order chi connectivity index (χ1) is 20.3. The first-order valence-electron chi connectivity index (χ1n) is 14.9. The summed E-state index contributed by atoms with van der Waals surface area (Å²) in [5, 5.41) is 6.86. The van der Waals surface area contributed by atoms with E-state index in [4.69, 9.17) is 9.72 Å². The molecule has 4 aliphatic rings. The van der Waals surface area contributed by atoms with E-state index in [1.54, 1.807) is 20.0 Å². The van der Waals surface area contributed by atoms with E-state index in [1.165, 1.54) is 6.92 Å². The van der Waals surface area contributed by atoms with E-state index in [9.17, 15) is 14.4 Å². The van der Waals surface area contributed by atoms with Gasteiger partial charge in [-0.2, -0.15) is 4.98 Å². The molecule has 11 nitrogen and oxygen atoms in total. The molecule has 4 heterocycles. The molecule has 1 amide bonds. The summed E-state index contributed by atoms with van der Waals surface area (Å²) in [4.78, 5) is 51.4. The van der Waals surface area contributed by atoms with E-state index in [1.807, 2.05) is 17.0 Å². The summed E-state index contributed by atoms with van der Waals surface area (Å²) in [6.07, 6.45) is 6.71. The van der Waals surface area contributed by atoms with Crippen molar-refractivity contribution < 1.29 is 19.1 Å². The number of ether oxygens (including phenoxy) is 1. The second-order valence-electron chi connectivity index (χ2n) is 11.8. The zero-order chi connectivity index (χ0) is 29.4. The second-order valence-corrected chi connectivity index (χ2v) is 11.8. The first-order valence-corrected chi connectivity index (χ1v) is 14.9. The molecular weight excluding hydrogens is 534 g/mol. The quantitative estimate of drug-likeness (QED) is 0.211. The summed E-state index contributed by atoms with van der Waals surface area (Å²) in [6, 6.07) is 7.10. The van der Waals surface area contributed by atoms with Gasteiger partial charge in [0, 0.05) is 75.2 Å². The topological polar surface area (TPSA) is 120 Å². The lowest BCUT2D eigenvalue weighted by atomic mass is 10.0. The highest BCUT2D eigenvalue weighted by Gasteiger charge is 2.39. The number of nitrogens with one attached hydrogen (secondary N) is 2. The number of amides is 1. The van der Waals surface area contributed by atoms with E-state index in [2.05, 4.69) is 31.5 Å². The fourth-order valence-corrected chi connectivity index (χ4v) is 6.54. The van der Waals surface area contributed by atoms with Gasteiger partial charge >= 0.3 is 0 Å². The molecule has 6 rings (SSSR count). The third kappa shape index (κ3) is 5.57. The molecule has 1 saturated carbocycles. The average molecular weight is 574 g/mol. The summed E-state index contributed by atoms with van der Waals surface area (Å²) < 4.78 is 6.24. The van der Waals surface area contributed by atoms with Crippen molar-refractivity contribution >= 4 is 46.7 Å². The highest BCUT2D eigenvalue weighted by atomic mass is 16.5. The number of likely N-dealkylation sites (tertiary alicyclic amines) is 1. The Morgan fingerprint density at radius 3 is 2.55 bits per heavy atom. The molecule has 0 spiro atoms. The molecule has 1 aromatic carbocycles. The molecule has 0 radical (unpaired) electrons. The number of fused-ring (bicyclic) bond motifs is 3. The van der Waals surface area contributed by atoms with Crippen LogP contribution in [0.2, 0.25) is 0 Å². The highest BCUT2D eigenvalue weighted by Crippen LogP contribution is 2.38. The largest absolute Gasteiger partial charge is 0.489 e. The van der Waals surface area contributed by atoms with Crippen LogP contribution in [0.25, 0.3) is 5.57 Å². The van der Waals surface area contributed by atoms with Crippen LogP contribution in [0.1, 0.15) is 52.0 Å². The first kappa shape index (κ1) is 28.1. The molecule has 222 valence electrons.